The van der Waals surface area contributed by atoms with Gasteiger partial charge in [0.15, 0.2) is 0 Å². The van der Waals surface area contributed by atoms with Crippen LogP contribution in [0.1, 0.15) is 23.1 Å². The molecule has 0 saturated carbocycles. The first-order chi connectivity index (χ1) is 21.5. The molecule has 11 nitrogen and oxygen atoms in total. The van der Waals surface area contributed by atoms with Crippen molar-refractivity contribution in [1.29, 1.82) is 10.5 Å². The fourth-order valence-electron chi connectivity index (χ4n) is 4.58. The third kappa shape index (κ3) is 7.24. The Morgan fingerprint density at radius 2 is 1.98 bits per heavy atom. The van der Waals surface area contributed by atoms with Gasteiger partial charge in [-0.1, -0.05) is 35.9 Å². The van der Waals surface area contributed by atoms with Crippen LogP contribution in [0, 0.1) is 22.7 Å². The summed E-state index contributed by atoms with van der Waals surface area (Å²) in [5, 5.41) is 26.3. The molecule has 1 aliphatic heterocycles. The van der Waals surface area contributed by atoms with E-state index in [2.05, 4.69) is 33.2 Å². The number of nitrogens with one attached hydrogen (secondary N) is 3. The minimum Gasteiger partial charge on any atom is -0.487 e. The number of pyridine rings is 1. The monoisotopic (exact) mass is 609 g/mol. The molecule has 4 aromatic rings. The third-order valence-corrected chi connectivity index (χ3v) is 7.05. The molecule has 12 heteroatoms. The third-order valence-electron chi connectivity index (χ3n) is 6.76. The average Bonchev–Trinajstić information content (AvgIpc) is 3.55. The van der Waals surface area contributed by atoms with Crippen LogP contribution in [-0.4, -0.2) is 36.8 Å². The Morgan fingerprint density at radius 1 is 1.14 bits per heavy atom. The lowest BCUT2D eigenvalue weighted by atomic mass is 10.1. The normalized spacial score (nSPS) is 14.2. The number of aromatic nitrogens is 1. The summed E-state index contributed by atoms with van der Waals surface area (Å²) in [7, 11) is 0. The summed E-state index contributed by atoms with van der Waals surface area (Å²) in [6, 6.07) is 20.1. The van der Waals surface area contributed by atoms with Gasteiger partial charge in [0.05, 0.1) is 52.3 Å². The van der Waals surface area contributed by atoms with Crippen LogP contribution in [0.4, 0.5) is 17.1 Å². The number of nitriles is 2. The van der Waals surface area contributed by atoms with Crippen molar-refractivity contribution in [2.24, 2.45) is 5.84 Å². The first kappa shape index (κ1) is 30.3. The number of halogens is 1. The van der Waals surface area contributed by atoms with Gasteiger partial charge in [-0.3, -0.25) is 21.0 Å². The maximum absolute atomic E-state index is 12.7. The molecule has 5 rings (SSSR count). The van der Waals surface area contributed by atoms with Crippen LogP contribution >= 0.6 is 11.6 Å². The molecule has 1 saturated heterocycles. The van der Waals surface area contributed by atoms with Crippen LogP contribution in [0.2, 0.25) is 5.02 Å². The first-order valence-corrected chi connectivity index (χ1v) is 14.1. The zero-order valence-corrected chi connectivity index (χ0v) is 24.2. The average molecular weight is 610 g/mol. The number of carbonyl (C=O) groups is 1. The summed E-state index contributed by atoms with van der Waals surface area (Å²) in [4.78, 5) is 17.2. The minimum absolute atomic E-state index is 0.174. The van der Waals surface area contributed by atoms with E-state index in [9.17, 15) is 15.3 Å². The Hall–Kier alpha value is -5.17. The first-order valence-electron chi connectivity index (χ1n) is 13.7. The van der Waals surface area contributed by atoms with Gasteiger partial charge in [-0.2, -0.15) is 10.5 Å². The summed E-state index contributed by atoms with van der Waals surface area (Å²) in [5.41, 5.74) is 6.03. The Morgan fingerprint density at radius 3 is 2.73 bits per heavy atom. The lowest BCUT2D eigenvalue weighted by Gasteiger charge is -2.19. The van der Waals surface area contributed by atoms with Crippen molar-refractivity contribution in [3.8, 4) is 23.6 Å². The molecule has 0 aliphatic carbocycles. The Balaban J connectivity index is 1.45. The van der Waals surface area contributed by atoms with Gasteiger partial charge in [-0.15, -0.1) is 0 Å². The van der Waals surface area contributed by atoms with E-state index in [1.807, 2.05) is 12.1 Å². The minimum atomic E-state index is -0.384. The smallest absolute Gasteiger partial charge is 0.248 e. The van der Waals surface area contributed by atoms with Gasteiger partial charge < -0.3 is 24.8 Å². The largest absolute Gasteiger partial charge is 0.487 e. The van der Waals surface area contributed by atoms with E-state index in [1.165, 1.54) is 12.3 Å². The number of hydrogen-bond donors (Lipinski definition) is 4. The van der Waals surface area contributed by atoms with E-state index in [4.69, 9.17) is 31.7 Å². The van der Waals surface area contributed by atoms with Crippen LogP contribution in [0.5, 0.6) is 11.5 Å². The number of hydrazine groups is 1. The summed E-state index contributed by atoms with van der Waals surface area (Å²) >= 11 is 6.56. The number of fused-ring (bicyclic) bond motifs is 1. The number of amides is 1. The molecule has 0 radical (unpaired) electrons. The molecule has 0 bridgehead atoms. The molecule has 1 fully saturated rings. The van der Waals surface area contributed by atoms with Crippen LogP contribution in [0.25, 0.3) is 10.9 Å². The van der Waals surface area contributed by atoms with Crippen molar-refractivity contribution in [2.75, 3.05) is 30.4 Å². The van der Waals surface area contributed by atoms with Gasteiger partial charge in [0, 0.05) is 47.9 Å². The predicted octanol–water partition coefficient (Wildman–Crippen LogP) is 5.08. The van der Waals surface area contributed by atoms with E-state index < -0.39 is 0 Å². The van der Waals surface area contributed by atoms with Crippen molar-refractivity contribution in [3.63, 3.8) is 0 Å². The Kier molecular flexibility index (Phi) is 9.87. The summed E-state index contributed by atoms with van der Waals surface area (Å²) in [5.74, 6) is 5.77. The highest BCUT2D eigenvalue weighted by atomic mass is 35.5. The second-order valence-electron chi connectivity index (χ2n) is 9.76. The molecule has 3 aromatic carbocycles. The molecule has 2 heterocycles. The fraction of sp³-hybridized carbons (Fsp3) is 0.188. The number of nitrogens with zero attached hydrogens (tertiary/aromatic N) is 3. The highest BCUT2D eigenvalue weighted by Crippen LogP contribution is 2.38. The number of carbonyl (C=O) groups excluding carboxylic acids is 1. The summed E-state index contributed by atoms with van der Waals surface area (Å²) in [6.45, 7) is 1.52. The van der Waals surface area contributed by atoms with Crippen molar-refractivity contribution in [3.05, 3.63) is 94.7 Å². The molecule has 222 valence electrons. The molecular formula is C32H28ClN7O4. The van der Waals surface area contributed by atoms with Crippen molar-refractivity contribution in [1.82, 2.24) is 10.4 Å². The lowest BCUT2D eigenvalue weighted by molar-refractivity contribution is -0.111. The quantitative estimate of drug-likeness (QED) is 0.102. The van der Waals surface area contributed by atoms with E-state index in [0.717, 1.165) is 5.56 Å². The number of benzene rings is 3. The second-order valence-corrected chi connectivity index (χ2v) is 10.2. The maximum Gasteiger partial charge on any atom is 0.248 e. The van der Waals surface area contributed by atoms with Gasteiger partial charge in [-0.25, -0.2) is 0 Å². The van der Waals surface area contributed by atoms with Gasteiger partial charge in [0.1, 0.15) is 30.3 Å². The van der Waals surface area contributed by atoms with Gasteiger partial charge in [0.2, 0.25) is 5.91 Å². The molecular weight excluding hydrogens is 582 g/mol. The standard InChI is InChI=1S/C32H28ClN7O4/c33-26-12-23(7-8-29(26)43-18-21-5-2-1-4-20(21)15-34)39-32-22(16-35)17-37-27-14-30(44-24-9-11-42-19-24)28(13-25(27)32)40-31(41)6-3-10-38-36/h1-8,12-14,17,24,38H,9-11,18-19,36H2,(H,37,39)(H,40,41)/b6-3+. The number of nitrogens with two attached hydrogens (primary N) is 1. The van der Waals surface area contributed by atoms with Crippen molar-refractivity contribution >= 4 is 45.5 Å². The zero-order chi connectivity index (χ0) is 30.9. The van der Waals surface area contributed by atoms with E-state index >= 15 is 0 Å². The topological polar surface area (TPSA) is 167 Å². The molecule has 1 amide bonds. The molecule has 0 spiro atoms. The maximum atomic E-state index is 12.7. The van der Waals surface area contributed by atoms with Crippen LogP contribution in [-0.2, 0) is 16.1 Å². The molecule has 1 aromatic heterocycles. The lowest BCUT2D eigenvalue weighted by Crippen LogP contribution is -2.22. The number of rotatable bonds is 11. The second kappa shape index (κ2) is 14.3. The van der Waals surface area contributed by atoms with E-state index in [1.54, 1.807) is 48.5 Å². The molecule has 1 aliphatic rings. The summed E-state index contributed by atoms with van der Waals surface area (Å²) < 4.78 is 17.5. The van der Waals surface area contributed by atoms with Gasteiger partial charge >= 0.3 is 0 Å². The highest BCUT2D eigenvalue weighted by molar-refractivity contribution is 6.32. The number of ether oxygens (including phenoxy) is 3. The number of hydrogen-bond acceptors (Lipinski definition) is 10. The van der Waals surface area contributed by atoms with E-state index in [0.29, 0.717) is 76.2 Å². The molecule has 1 atom stereocenters. The predicted molar refractivity (Wildman–Crippen MR) is 166 cm³/mol. The Bertz CT molecular complexity index is 1790. The highest BCUT2D eigenvalue weighted by Gasteiger charge is 2.21. The molecule has 5 N–H and O–H groups in total. The zero-order valence-electron chi connectivity index (χ0n) is 23.5. The van der Waals surface area contributed by atoms with Crippen LogP contribution < -0.4 is 31.4 Å². The molecule has 1 unspecified atom stereocenters. The summed E-state index contributed by atoms with van der Waals surface area (Å²) in [6.07, 6.45) is 4.96. The van der Waals surface area contributed by atoms with Crippen molar-refractivity contribution < 1.29 is 19.0 Å². The van der Waals surface area contributed by atoms with Crippen LogP contribution in [0.3, 0.4) is 0 Å². The van der Waals surface area contributed by atoms with E-state index in [-0.39, 0.29) is 24.2 Å². The van der Waals surface area contributed by atoms with Crippen LogP contribution in [0.15, 0.2) is 72.9 Å². The molecule has 44 heavy (non-hydrogen) atoms. The van der Waals surface area contributed by atoms with Gasteiger partial charge in [-0.05, 0) is 30.3 Å². The SMILES string of the molecule is N#Cc1ccccc1COc1ccc(Nc2c(C#N)cnc3cc(OC4CCOC4)c(NC(=O)/C=C/CNN)cc23)cc1Cl. The Labute approximate surface area is 258 Å². The fourth-order valence-corrected chi connectivity index (χ4v) is 4.81. The number of anilines is 3. The van der Waals surface area contributed by atoms with Gasteiger partial charge in [0.25, 0.3) is 0 Å². The van der Waals surface area contributed by atoms with Crippen molar-refractivity contribution in [2.45, 2.75) is 19.1 Å².